The molecule has 0 radical (unpaired) electrons. The number of hydrogen-bond donors (Lipinski definition) is 1. The molecule has 0 aliphatic heterocycles. The Morgan fingerprint density at radius 3 is 2.52 bits per heavy atom. The second-order valence-corrected chi connectivity index (χ2v) is 7.13. The smallest absolute Gasteiger partial charge is 0.241 e. The Balaban J connectivity index is 1.74. The molecular formula is C23H25N5O. The van der Waals surface area contributed by atoms with Crippen LogP contribution in [0.25, 0.3) is 5.69 Å². The first-order valence-corrected chi connectivity index (χ1v) is 9.53. The Morgan fingerprint density at radius 2 is 1.83 bits per heavy atom. The topological polar surface area (TPSA) is 74.0 Å². The van der Waals surface area contributed by atoms with Crippen molar-refractivity contribution in [3.05, 3.63) is 77.1 Å². The highest BCUT2D eigenvalue weighted by Gasteiger charge is 2.22. The Kier molecular flexibility index (Phi) is 6.10. The van der Waals surface area contributed by atoms with Gasteiger partial charge in [0.1, 0.15) is 6.07 Å². The zero-order valence-electron chi connectivity index (χ0n) is 17.2. The summed E-state index contributed by atoms with van der Waals surface area (Å²) in [5.41, 5.74) is 5.11. The number of nitriles is 1. The lowest BCUT2D eigenvalue weighted by Crippen LogP contribution is -2.39. The highest BCUT2D eigenvalue weighted by atomic mass is 16.2. The van der Waals surface area contributed by atoms with Crippen LogP contribution in [0.15, 0.2) is 54.6 Å². The normalized spacial score (nSPS) is 11.9. The lowest BCUT2D eigenvalue weighted by atomic mass is 10.1. The molecule has 0 spiro atoms. The summed E-state index contributed by atoms with van der Waals surface area (Å²) in [6, 6.07) is 18.7. The number of carbonyl (C=O) groups is 1. The molecule has 0 saturated carbocycles. The van der Waals surface area contributed by atoms with Gasteiger partial charge in [0.05, 0.1) is 28.7 Å². The number of anilines is 1. The fraction of sp³-hybridized carbons (Fsp3) is 0.261. The fourth-order valence-corrected chi connectivity index (χ4v) is 3.24. The standard InChI is InChI=1S/C23H25N5O/c1-16-21(17(2)28(26-16)20-11-6-5-7-12-20)15-27(4)18(3)23(29)25-22-13-9-8-10-19(22)14-24/h5-13,18H,15H2,1-4H3,(H,25,29)/t18-/m0/s1. The molecule has 0 aliphatic carbocycles. The van der Waals surface area contributed by atoms with Gasteiger partial charge in [0.25, 0.3) is 0 Å². The lowest BCUT2D eigenvalue weighted by molar-refractivity contribution is -0.120. The van der Waals surface area contributed by atoms with E-state index < -0.39 is 0 Å². The van der Waals surface area contributed by atoms with Crippen LogP contribution < -0.4 is 5.32 Å². The largest absolute Gasteiger partial charge is 0.324 e. The van der Waals surface area contributed by atoms with Crippen molar-refractivity contribution in [3.63, 3.8) is 0 Å². The van der Waals surface area contributed by atoms with E-state index in [1.165, 1.54) is 0 Å². The van der Waals surface area contributed by atoms with E-state index in [-0.39, 0.29) is 11.9 Å². The Bertz CT molecular complexity index is 1050. The summed E-state index contributed by atoms with van der Waals surface area (Å²) in [6.07, 6.45) is 0. The maximum Gasteiger partial charge on any atom is 0.241 e. The van der Waals surface area contributed by atoms with Gasteiger partial charge in [-0.25, -0.2) is 4.68 Å². The average molecular weight is 387 g/mol. The van der Waals surface area contributed by atoms with E-state index in [4.69, 9.17) is 0 Å². The third-order valence-electron chi connectivity index (χ3n) is 5.20. The zero-order valence-corrected chi connectivity index (χ0v) is 17.2. The van der Waals surface area contributed by atoms with Crippen LogP contribution in [-0.2, 0) is 11.3 Å². The molecule has 1 atom stereocenters. The minimum atomic E-state index is -0.374. The SMILES string of the molecule is Cc1nn(-c2ccccc2)c(C)c1CN(C)[C@@H](C)C(=O)Nc1ccccc1C#N. The van der Waals surface area contributed by atoms with Crippen LogP contribution >= 0.6 is 0 Å². The first kappa shape index (κ1) is 20.3. The third-order valence-corrected chi connectivity index (χ3v) is 5.20. The molecular weight excluding hydrogens is 362 g/mol. The molecule has 0 bridgehead atoms. The van der Waals surface area contributed by atoms with Gasteiger partial charge in [-0.05, 0) is 52.1 Å². The number of carbonyl (C=O) groups excluding carboxylic acids is 1. The molecule has 0 aliphatic rings. The summed E-state index contributed by atoms with van der Waals surface area (Å²) in [6.45, 7) is 6.49. The summed E-state index contributed by atoms with van der Waals surface area (Å²) < 4.78 is 1.94. The molecule has 6 nitrogen and oxygen atoms in total. The molecule has 0 unspecified atom stereocenters. The van der Waals surface area contributed by atoms with Gasteiger partial charge in [0.15, 0.2) is 0 Å². The monoisotopic (exact) mass is 387 g/mol. The van der Waals surface area contributed by atoms with Crippen molar-refractivity contribution in [2.24, 2.45) is 0 Å². The van der Waals surface area contributed by atoms with E-state index in [1.807, 2.05) is 67.7 Å². The van der Waals surface area contributed by atoms with Crippen molar-refractivity contribution in [1.82, 2.24) is 14.7 Å². The number of nitrogens with zero attached hydrogens (tertiary/aromatic N) is 4. The third kappa shape index (κ3) is 4.36. The highest BCUT2D eigenvalue weighted by Crippen LogP contribution is 2.20. The maximum absolute atomic E-state index is 12.7. The van der Waals surface area contributed by atoms with Crippen molar-refractivity contribution >= 4 is 11.6 Å². The van der Waals surface area contributed by atoms with Crippen LogP contribution in [0.5, 0.6) is 0 Å². The molecule has 1 N–H and O–H groups in total. The number of nitrogens with one attached hydrogen (secondary N) is 1. The number of amides is 1. The molecule has 6 heteroatoms. The van der Waals surface area contributed by atoms with Crippen LogP contribution in [0.3, 0.4) is 0 Å². The van der Waals surface area contributed by atoms with Crippen molar-refractivity contribution in [3.8, 4) is 11.8 Å². The minimum Gasteiger partial charge on any atom is -0.324 e. The van der Waals surface area contributed by atoms with Gasteiger partial charge in [0.2, 0.25) is 5.91 Å². The predicted octanol–water partition coefficient (Wildman–Crippen LogP) is 3.82. The number of aryl methyl sites for hydroxylation is 1. The first-order chi connectivity index (χ1) is 13.9. The summed E-state index contributed by atoms with van der Waals surface area (Å²) in [5, 5.41) is 16.8. The molecule has 29 heavy (non-hydrogen) atoms. The Labute approximate surface area is 171 Å². The van der Waals surface area contributed by atoms with Gasteiger partial charge in [-0.1, -0.05) is 30.3 Å². The summed E-state index contributed by atoms with van der Waals surface area (Å²) in [4.78, 5) is 14.7. The molecule has 1 amide bonds. The second kappa shape index (κ2) is 8.72. The number of likely N-dealkylation sites (N-methyl/N-ethyl adjacent to an activating group) is 1. The van der Waals surface area contributed by atoms with Crippen LogP contribution in [0, 0.1) is 25.2 Å². The van der Waals surface area contributed by atoms with E-state index >= 15 is 0 Å². The van der Waals surface area contributed by atoms with Crippen LogP contribution in [-0.4, -0.2) is 33.7 Å². The molecule has 3 rings (SSSR count). The van der Waals surface area contributed by atoms with Crippen molar-refractivity contribution < 1.29 is 4.79 Å². The molecule has 148 valence electrons. The van der Waals surface area contributed by atoms with Crippen LogP contribution in [0.1, 0.15) is 29.4 Å². The number of rotatable bonds is 6. The highest BCUT2D eigenvalue weighted by molar-refractivity contribution is 5.95. The number of hydrogen-bond acceptors (Lipinski definition) is 4. The van der Waals surface area contributed by atoms with Crippen molar-refractivity contribution in [2.45, 2.75) is 33.4 Å². The van der Waals surface area contributed by atoms with Gasteiger partial charge in [-0.3, -0.25) is 9.69 Å². The second-order valence-electron chi connectivity index (χ2n) is 7.13. The Morgan fingerprint density at radius 1 is 1.17 bits per heavy atom. The predicted molar refractivity (Wildman–Crippen MR) is 114 cm³/mol. The summed E-state index contributed by atoms with van der Waals surface area (Å²) in [7, 11) is 1.92. The number of aromatic nitrogens is 2. The van der Waals surface area contributed by atoms with Gasteiger partial charge in [-0.2, -0.15) is 10.4 Å². The van der Waals surface area contributed by atoms with E-state index in [2.05, 4.69) is 16.5 Å². The average Bonchev–Trinajstić information content (AvgIpc) is 3.02. The minimum absolute atomic E-state index is 0.152. The molecule has 3 aromatic rings. The van der Waals surface area contributed by atoms with E-state index in [0.717, 1.165) is 22.6 Å². The van der Waals surface area contributed by atoms with E-state index in [9.17, 15) is 10.1 Å². The Hall–Kier alpha value is -3.43. The van der Waals surface area contributed by atoms with Crippen LogP contribution in [0.2, 0.25) is 0 Å². The lowest BCUT2D eigenvalue weighted by Gasteiger charge is -2.24. The zero-order chi connectivity index (χ0) is 21.0. The van der Waals surface area contributed by atoms with Gasteiger partial charge in [0, 0.05) is 17.8 Å². The molecule has 0 fully saturated rings. The molecule has 0 saturated heterocycles. The van der Waals surface area contributed by atoms with Gasteiger partial charge in [-0.15, -0.1) is 0 Å². The fourth-order valence-electron chi connectivity index (χ4n) is 3.24. The van der Waals surface area contributed by atoms with Crippen LogP contribution in [0.4, 0.5) is 5.69 Å². The summed E-state index contributed by atoms with van der Waals surface area (Å²) in [5.74, 6) is -0.152. The van der Waals surface area contributed by atoms with E-state index in [1.54, 1.807) is 24.3 Å². The van der Waals surface area contributed by atoms with Crippen molar-refractivity contribution in [1.29, 1.82) is 5.26 Å². The van der Waals surface area contributed by atoms with Crippen molar-refractivity contribution in [2.75, 3.05) is 12.4 Å². The molecule has 1 aromatic heterocycles. The quantitative estimate of drug-likeness (QED) is 0.698. The number of para-hydroxylation sites is 2. The molecule has 1 heterocycles. The summed E-state index contributed by atoms with van der Waals surface area (Å²) >= 11 is 0. The van der Waals surface area contributed by atoms with Gasteiger partial charge >= 0.3 is 0 Å². The van der Waals surface area contributed by atoms with E-state index in [0.29, 0.717) is 17.8 Å². The maximum atomic E-state index is 12.7. The van der Waals surface area contributed by atoms with Gasteiger partial charge < -0.3 is 5.32 Å². The first-order valence-electron chi connectivity index (χ1n) is 9.53. The molecule has 2 aromatic carbocycles. The number of benzene rings is 2.